The highest BCUT2D eigenvalue weighted by atomic mass is 16.2. The molecule has 0 radical (unpaired) electrons. The highest BCUT2D eigenvalue weighted by molar-refractivity contribution is 5.74. The Kier molecular flexibility index (Phi) is 7.29. The third kappa shape index (κ3) is 5.61. The second-order valence-corrected chi connectivity index (χ2v) is 9.09. The number of carbonyl (C=O) groups excluding carboxylic acids is 1. The van der Waals surface area contributed by atoms with Crippen LogP contribution in [0.3, 0.4) is 0 Å². The van der Waals surface area contributed by atoms with Gasteiger partial charge in [0, 0.05) is 31.8 Å². The molecule has 0 aliphatic rings. The van der Waals surface area contributed by atoms with Crippen LogP contribution in [0, 0.1) is 5.41 Å². The average molecular weight is 419 g/mol. The van der Waals surface area contributed by atoms with Crippen molar-refractivity contribution in [3.63, 3.8) is 0 Å². The predicted molar refractivity (Wildman–Crippen MR) is 126 cm³/mol. The van der Waals surface area contributed by atoms with Crippen molar-refractivity contribution in [2.75, 3.05) is 13.1 Å². The SMILES string of the molecule is CC(=O)N(CCCN)C(c1nc(-c2ccccc2)cn1Cc1ccccc1)C(C)(C)C. The quantitative estimate of drug-likeness (QED) is 0.567. The number of amides is 1. The normalized spacial score (nSPS) is 12.5. The molecule has 2 N–H and O–H groups in total. The molecule has 0 aliphatic carbocycles. The molecule has 31 heavy (non-hydrogen) atoms. The van der Waals surface area contributed by atoms with Crippen LogP contribution >= 0.6 is 0 Å². The summed E-state index contributed by atoms with van der Waals surface area (Å²) in [7, 11) is 0. The van der Waals surface area contributed by atoms with Crippen LogP contribution in [0.5, 0.6) is 0 Å². The smallest absolute Gasteiger partial charge is 0.220 e. The van der Waals surface area contributed by atoms with Crippen LogP contribution in [0.25, 0.3) is 11.3 Å². The van der Waals surface area contributed by atoms with Crippen molar-refractivity contribution in [3.8, 4) is 11.3 Å². The number of carbonyl (C=O) groups is 1. The van der Waals surface area contributed by atoms with Crippen LogP contribution in [0.1, 0.15) is 51.5 Å². The summed E-state index contributed by atoms with van der Waals surface area (Å²) < 4.78 is 2.20. The van der Waals surface area contributed by atoms with Gasteiger partial charge in [0.25, 0.3) is 0 Å². The molecule has 2 aromatic carbocycles. The molecule has 1 heterocycles. The van der Waals surface area contributed by atoms with Crippen LogP contribution in [0.4, 0.5) is 0 Å². The third-order valence-corrected chi connectivity index (χ3v) is 5.46. The Hall–Kier alpha value is -2.92. The Labute approximate surface area is 185 Å². The van der Waals surface area contributed by atoms with Crippen LogP contribution in [0.2, 0.25) is 0 Å². The minimum absolute atomic E-state index is 0.0453. The van der Waals surface area contributed by atoms with Crippen LogP contribution in [-0.4, -0.2) is 33.4 Å². The first kappa shape index (κ1) is 22.8. The summed E-state index contributed by atoms with van der Waals surface area (Å²) in [6.07, 6.45) is 2.87. The van der Waals surface area contributed by atoms with Crippen molar-refractivity contribution in [3.05, 3.63) is 78.2 Å². The maximum atomic E-state index is 12.7. The fourth-order valence-electron chi connectivity index (χ4n) is 4.03. The minimum Gasteiger partial charge on any atom is -0.332 e. The largest absolute Gasteiger partial charge is 0.332 e. The Morgan fingerprint density at radius 2 is 1.68 bits per heavy atom. The second kappa shape index (κ2) is 9.92. The number of hydrogen-bond donors (Lipinski definition) is 1. The maximum Gasteiger partial charge on any atom is 0.220 e. The van der Waals surface area contributed by atoms with Gasteiger partial charge in [-0.1, -0.05) is 81.4 Å². The molecule has 5 nitrogen and oxygen atoms in total. The molecule has 1 atom stereocenters. The van der Waals surface area contributed by atoms with Gasteiger partial charge in [0.05, 0.1) is 11.7 Å². The molecule has 1 unspecified atom stereocenters. The van der Waals surface area contributed by atoms with Gasteiger partial charge in [-0.25, -0.2) is 4.98 Å². The van der Waals surface area contributed by atoms with Crippen molar-refractivity contribution in [2.45, 2.75) is 46.7 Å². The maximum absolute atomic E-state index is 12.7. The van der Waals surface area contributed by atoms with Crippen molar-refractivity contribution < 1.29 is 4.79 Å². The van der Waals surface area contributed by atoms with Gasteiger partial charge >= 0.3 is 0 Å². The Morgan fingerprint density at radius 3 is 2.23 bits per heavy atom. The van der Waals surface area contributed by atoms with E-state index in [4.69, 9.17) is 10.7 Å². The first-order chi connectivity index (χ1) is 14.8. The van der Waals surface area contributed by atoms with E-state index in [-0.39, 0.29) is 17.4 Å². The van der Waals surface area contributed by atoms with E-state index in [1.54, 1.807) is 6.92 Å². The molecule has 0 aliphatic heterocycles. The van der Waals surface area contributed by atoms with Gasteiger partial charge in [-0.15, -0.1) is 0 Å². The highest BCUT2D eigenvalue weighted by Crippen LogP contribution is 2.39. The van der Waals surface area contributed by atoms with E-state index in [1.165, 1.54) is 5.56 Å². The number of imidazole rings is 1. The molecule has 0 saturated carbocycles. The number of hydrogen-bond acceptors (Lipinski definition) is 3. The molecule has 0 spiro atoms. The molecule has 0 fully saturated rings. The topological polar surface area (TPSA) is 64.2 Å². The first-order valence-corrected chi connectivity index (χ1v) is 10.9. The van der Waals surface area contributed by atoms with Crippen molar-refractivity contribution in [1.82, 2.24) is 14.5 Å². The lowest BCUT2D eigenvalue weighted by atomic mass is 9.84. The van der Waals surface area contributed by atoms with E-state index in [1.807, 2.05) is 29.2 Å². The average Bonchev–Trinajstić information content (AvgIpc) is 3.14. The molecular weight excluding hydrogens is 384 g/mol. The number of nitrogens with zero attached hydrogens (tertiary/aromatic N) is 3. The van der Waals surface area contributed by atoms with Gasteiger partial charge in [-0.05, 0) is 23.9 Å². The second-order valence-electron chi connectivity index (χ2n) is 9.09. The summed E-state index contributed by atoms with van der Waals surface area (Å²) in [5, 5.41) is 0. The Bertz CT molecular complexity index is 974. The fraction of sp³-hybridized carbons (Fsp3) is 0.385. The summed E-state index contributed by atoms with van der Waals surface area (Å²) in [4.78, 5) is 19.7. The van der Waals surface area contributed by atoms with Crippen LogP contribution in [-0.2, 0) is 11.3 Å². The molecule has 1 aromatic heterocycles. The standard InChI is InChI=1S/C26H34N4O/c1-20(31)30(17-11-16-27)24(26(2,3)4)25-28-23(22-14-9-6-10-15-22)19-29(25)18-21-12-7-5-8-13-21/h5-10,12-15,19,24H,11,16-18,27H2,1-4H3. The van der Waals surface area contributed by atoms with Gasteiger partial charge in [-0.3, -0.25) is 4.79 Å². The first-order valence-electron chi connectivity index (χ1n) is 10.9. The van der Waals surface area contributed by atoms with Crippen LogP contribution in [0.15, 0.2) is 66.9 Å². The zero-order valence-electron chi connectivity index (χ0n) is 19.1. The molecule has 3 aromatic rings. The van der Waals surface area contributed by atoms with Crippen molar-refractivity contribution >= 4 is 5.91 Å². The highest BCUT2D eigenvalue weighted by Gasteiger charge is 2.37. The summed E-state index contributed by atoms with van der Waals surface area (Å²) >= 11 is 0. The Balaban J connectivity index is 2.13. The molecule has 164 valence electrons. The molecular formula is C26H34N4O. The predicted octanol–water partition coefficient (Wildman–Crippen LogP) is 4.88. The van der Waals surface area contributed by atoms with Gasteiger partial charge in [0.1, 0.15) is 5.82 Å². The third-order valence-electron chi connectivity index (χ3n) is 5.46. The molecule has 0 saturated heterocycles. The van der Waals surface area contributed by atoms with E-state index >= 15 is 0 Å². The monoisotopic (exact) mass is 418 g/mol. The number of nitrogens with two attached hydrogens (primary N) is 1. The summed E-state index contributed by atoms with van der Waals surface area (Å²) in [6, 6.07) is 20.4. The summed E-state index contributed by atoms with van der Waals surface area (Å²) in [6.45, 7) is 10.0. The Morgan fingerprint density at radius 1 is 1.06 bits per heavy atom. The van der Waals surface area contributed by atoms with E-state index in [0.717, 1.165) is 23.5 Å². The fourth-order valence-corrected chi connectivity index (χ4v) is 4.03. The van der Waals surface area contributed by atoms with Crippen molar-refractivity contribution in [1.29, 1.82) is 0 Å². The molecule has 0 bridgehead atoms. The van der Waals surface area contributed by atoms with E-state index in [9.17, 15) is 4.79 Å². The van der Waals surface area contributed by atoms with Gasteiger partial charge < -0.3 is 15.2 Å². The number of aromatic nitrogens is 2. The summed E-state index contributed by atoms with van der Waals surface area (Å²) in [5.74, 6) is 0.950. The van der Waals surface area contributed by atoms with E-state index in [0.29, 0.717) is 19.6 Å². The van der Waals surface area contributed by atoms with E-state index in [2.05, 4.69) is 67.9 Å². The van der Waals surface area contributed by atoms with E-state index < -0.39 is 0 Å². The zero-order chi connectivity index (χ0) is 22.4. The zero-order valence-corrected chi connectivity index (χ0v) is 19.1. The van der Waals surface area contributed by atoms with Crippen LogP contribution < -0.4 is 5.73 Å². The van der Waals surface area contributed by atoms with Gasteiger partial charge in [0.2, 0.25) is 5.91 Å². The summed E-state index contributed by atoms with van der Waals surface area (Å²) in [5.41, 5.74) is 8.77. The number of rotatable bonds is 8. The van der Waals surface area contributed by atoms with Crippen molar-refractivity contribution in [2.24, 2.45) is 11.1 Å². The lowest BCUT2D eigenvalue weighted by Crippen LogP contribution is -2.42. The molecule has 3 rings (SSSR count). The van der Waals surface area contributed by atoms with Gasteiger partial charge in [-0.2, -0.15) is 0 Å². The van der Waals surface area contributed by atoms with Gasteiger partial charge in [0.15, 0.2) is 0 Å². The minimum atomic E-state index is -0.200. The lowest BCUT2D eigenvalue weighted by molar-refractivity contribution is -0.134. The molecule has 5 heteroatoms. The number of benzene rings is 2. The lowest BCUT2D eigenvalue weighted by Gasteiger charge is -2.39. The molecule has 1 amide bonds.